The van der Waals surface area contributed by atoms with Gasteiger partial charge in [0.15, 0.2) is 0 Å². The first-order valence-corrected chi connectivity index (χ1v) is 9.01. The number of carbonyl (C=O) groups excluding carboxylic acids is 1. The molecule has 1 aromatic rings. The predicted molar refractivity (Wildman–Crippen MR) is 96.8 cm³/mol. The SMILES string of the molecule is CN1CC[C@@]2(C)c3cc(OC(=O)NN4CCNCC4)ccc3N(C)[C@@H]12. The molecule has 2 N–H and O–H groups in total. The van der Waals surface area contributed by atoms with Crippen LogP contribution in [0.4, 0.5) is 10.5 Å². The Hall–Kier alpha value is -1.83. The van der Waals surface area contributed by atoms with Gasteiger partial charge >= 0.3 is 6.09 Å². The molecule has 3 aliphatic rings. The fourth-order valence-corrected chi connectivity index (χ4v) is 4.65. The van der Waals surface area contributed by atoms with Crippen molar-refractivity contribution in [2.45, 2.75) is 24.9 Å². The summed E-state index contributed by atoms with van der Waals surface area (Å²) >= 11 is 0. The standard InChI is InChI=1S/C18H27N5O2/c1-18-6-9-21(2)16(18)22(3)15-5-4-13(12-14(15)18)25-17(24)20-23-10-7-19-8-11-23/h4-5,12,16,19H,6-11H2,1-3H3,(H,20,24)/t16-,18+/m1/s1. The Kier molecular flexibility index (Phi) is 4.10. The number of nitrogens with zero attached hydrogens (tertiary/aromatic N) is 3. The fourth-order valence-electron chi connectivity index (χ4n) is 4.65. The largest absolute Gasteiger partial charge is 0.427 e. The van der Waals surface area contributed by atoms with Crippen molar-refractivity contribution >= 4 is 11.8 Å². The average Bonchev–Trinajstić information content (AvgIpc) is 3.01. The van der Waals surface area contributed by atoms with Crippen molar-refractivity contribution in [1.82, 2.24) is 20.7 Å². The van der Waals surface area contributed by atoms with Gasteiger partial charge in [0.05, 0.1) is 6.17 Å². The molecule has 1 aromatic carbocycles. The Morgan fingerprint density at radius 3 is 2.80 bits per heavy atom. The van der Waals surface area contributed by atoms with Crippen LogP contribution in [0.1, 0.15) is 18.9 Å². The molecule has 2 saturated heterocycles. The topological polar surface area (TPSA) is 60.1 Å². The minimum Gasteiger partial charge on any atom is -0.409 e. The van der Waals surface area contributed by atoms with E-state index in [9.17, 15) is 4.79 Å². The lowest BCUT2D eigenvalue weighted by molar-refractivity contribution is 0.134. The zero-order valence-corrected chi connectivity index (χ0v) is 15.2. The molecule has 7 heteroatoms. The van der Waals surface area contributed by atoms with E-state index < -0.39 is 6.09 Å². The molecule has 1 amide bonds. The minimum absolute atomic E-state index is 0.0766. The third kappa shape index (κ3) is 2.76. The molecular formula is C18H27N5O2. The van der Waals surface area contributed by atoms with Gasteiger partial charge in [-0.1, -0.05) is 6.92 Å². The number of hydrogen-bond acceptors (Lipinski definition) is 6. The summed E-state index contributed by atoms with van der Waals surface area (Å²) in [5, 5.41) is 5.15. The second kappa shape index (κ2) is 6.16. The van der Waals surface area contributed by atoms with Crippen molar-refractivity contribution in [3.05, 3.63) is 23.8 Å². The zero-order valence-electron chi connectivity index (χ0n) is 15.2. The van der Waals surface area contributed by atoms with Gasteiger partial charge in [0, 0.05) is 50.9 Å². The molecule has 3 heterocycles. The molecule has 136 valence electrons. The first-order chi connectivity index (χ1) is 12.0. The number of amides is 1. The van der Waals surface area contributed by atoms with Crippen LogP contribution in [-0.4, -0.2) is 69.0 Å². The molecule has 7 nitrogen and oxygen atoms in total. The van der Waals surface area contributed by atoms with Crippen molar-refractivity contribution in [2.24, 2.45) is 0 Å². The molecule has 3 aliphatic heterocycles. The van der Waals surface area contributed by atoms with E-state index in [0.717, 1.165) is 39.1 Å². The Morgan fingerprint density at radius 1 is 1.28 bits per heavy atom. The number of rotatable bonds is 2. The molecule has 0 spiro atoms. The van der Waals surface area contributed by atoms with Crippen LogP contribution >= 0.6 is 0 Å². The molecule has 25 heavy (non-hydrogen) atoms. The molecule has 0 bridgehead atoms. The van der Waals surface area contributed by atoms with Gasteiger partial charge < -0.3 is 15.0 Å². The third-order valence-electron chi connectivity index (χ3n) is 5.88. The van der Waals surface area contributed by atoms with Gasteiger partial charge in [0.2, 0.25) is 0 Å². The lowest BCUT2D eigenvalue weighted by Crippen LogP contribution is -2.52. The maximum atomic E-state index is 12.2. The number of likely N-dealkylation sites (N-methyl/N-ethyl adjacent to an activating group) is 2. The van der Waals surface area contributed by atoms with E-state index in [1.165, 1.54) is 11.3 Å². The highest BCUT2D eigenvalue weighted by atomic mass is 16.6. The highest BCUT2D eigenvalue weighted by molar-refractivity contribution is 5.72. The van der Waals surface area contributed by atoms with E-state index in [1.807, 2.05) is 17.1 Å². The monoisotopic (exact) mass is 345 g/mol. The number of hydrazine groups is 1. The van der Waals surface area contributed by atoms with Crippen LogP contribution in [-0.2, 0) is 5.41 Å². The van der Waals surface area contributed by atoms with E-state index in [2.05, 4.69) is 47.6 Å². The van der Waals surface area contributed by atoms with E-state index in [-0.39, 0.29) is 5.41 Å². The van der Waals surface area contributed by atoms with Crippen LogP contribution < -0.4 is 20.4 Å². The summed E-state index contributed by atoms with van der Waals surface area (Å²) in [6, 6.07) is 6.00. The fraction of sp³-hybridized carbons (Fsp3) is 0.611. The smallest absolute Gasteiger partial charge is 0.409 e. The van der Waals surface area contributed by atoms with Crippen LogP contribution in [0.25, 0.3) is 0 Å². The summed E-state index contributed by atoms with van der Waals surface area (Å²) in [5.41, 5.74) is 5.40. The summed E-state index contributed by atoms with van der Waals surface area (Å²) < 4.78 is 5.55. The molecular weight excluding hydrogens is 318 g/mol. The molecule has 0 saturated carbocycles. The molecule has 2 atom stereocenters. The third-order valence-corrected chi connectivity index (χ3v) is 5.88. The Bertz CT molecular complexity index is 675. The first-order valence-electron chi connectivity index (χ1n) is 9.01. The van der Waals surface area contributed by atoms with Gasteiger partial charge in [-0.3, -0.25) is 10.3 Å². The van der Waals surface area contributed by atoms with Crippen molar-refractivity contribution < 1.29 is 9.53 Å². The molecule has 0 radical (unpaired) electrons. The predicted octanol–water partition coefficient (Wildman–Crippen LogP) is 0.964. The van der Waals surface area contributed by atoms with Gasteiger partial charge in [-0.2, -0.15) is 0 Å². The number of hydrogen-bond donors (Lipinski definition) is 2. The first kappa shape index (κ1) is 16.6. The number of ether oxygens (including phenoxy) is 1. The number of anilines is 1. The molecule has 0 aliphatic carbocycles. The normalized spacial score (nSPS) is 29.4. The van der Waals surface area contributed by atoms with E-state index >= 15 is 0 Å². The zero-order chi connectivity index (χ0) is 17.6. The molecule has 4 rings (SSSR count). The van der Waals surface area contributed by atoms with Crippen molar-refractivity contribution in [1.29, 1.82) is 0 Å². The van der Waals surface area contributed by atoms with Crippen LogP contribution in [0, 0.1) is 0 Å². The molecule has 0 unspecified atom stereocenters. The minimum atomic E-state index is -0.418. The second-order valence-corrected chi connectivity index (χ2v) is 7.55. The van der Waals surface area contributed by atoms with Crippen molar-refractivity contribution in [2.75, 3.05) is 51.7 Å². The Labute approximate surface area is 148 Å². The number of piperazine rings is 1. The van der Waals surface area contributed by atoms with Gasteiger partial charge in [-0.25, -0.2) is 9.80 Å². The van der Waals surface area contributed by atoms with Crippen LogP contribution in [0.15, 0.2) is 18.2 Å². The second-order valence-electron chi connectivity index (χ2n) is 7.55. The van der Waals surface area contributed by atoms with Crippen LogP contribution in [0.5, 0.6) is 5.75 Å². The lowest BCUT2D eigenvalue weighted by Gasteiger charge is -2.32. The number of benzene rings is 1. The van der Waals surface area contributed by atoms with E-state index in [0.29, 0.717) is 11.9 Å². The summed E-state index contributed by atoms with van der Waals surface area (Å²) in [6.07, 6.45) is 1.06. The molecule has 2 fully saturated rings. The Morgan fingerprint density at radius 2 is 2.04 bits per heavy atom. The van der Waals surface area contributed by atoms with Gasteiger partial charge in [-0.05, 0) is 37.2 Å². The average molecular weight is 345 g/mol. The van der Waals surface area contributed by atoms with Crippen LogP contribution in [0.3, 0.4) is 0 Å². The maximum absolute atomic E-state index is 12.2. The summed E-state index contributed by atoms with van der Waals surface area (Å²) in [6.45, 7) is 6.72. The number of fused-ring (bicyclic) bond motifs is 3. The van der Waals surface area contributed by atoms with E-state index in [1.54, 1.807) is 0 Å². The highest BCUT2D eigenvalue weighted by Gasteiger charge is 2.52. The quantitative estimate of drug-likeness (QED) is 0.833. The summed E-state index contributed by atoms with van der Waals surface area (Å²) in [4.78, 5) is 16.9. The Balaban J connectivity index is 1.50. The van der Waals surface area contributed by atoms with Gasteiger partial charge in [-0.15, -0.1) is 0 Å². The lowest BCUT2D eigenvalue weighted by atomic mass is 9.81. The maximum Gasteiger partial charge on any atom is 0.427 e. The number of nitrogens with one attached hydrogen (secondary N) is 2. The van der Waals surface area contributed by atoms with Gasteiger partial charge in [0.1, 0.15) is 5.75 Å². The van der Waals surface area contributed by atoms with Crippen LogP contribution in [0.2, 0.25) is 0 Å². The van der Waals surface area contributed by atoms with Gasteiger partial charge in [0.25, 0.3) is 0 Å². The summed E-state index contributed by atoms with van der Waals surface area (Å²) in [7, 11) is 4.32. The highest BCUT2D eigenvalue weighted by Crippen LogP contribution is 2.51. The number of carbonyl (C=O) groups is 1. The van der Waals surface area contributed by atoms with Crippen molar-refractivity contribution in [3.63, 3.8) is 0 Å². The van der Waals surface area contributed by atoms with Crippen molar-refractivity contribution in [3.8, 4) is 5.75 Å². The molecule has 0 aromatic heterocycles. The van der Waals surface area contributed by atoms with E-state index in [4.69, 9.17) is 4.74 Å². The number of likely N-dealkylation sites (tertiary alicyclic amines) is 1. The summed E-state index contributed by atoms with van der Waals surface area (Å²) in [5.74, 6) is 0.608.